The van der Waals surface area contributed by atoms with Gasteiger partial charge in [0, 0.05) is 38.7 Å². The number of piperazine rings is 1. The van der Waals surface area contributed by atoms with Crippen LogP contribution in [0, 0.1) is 5.92 Å². The van der Waals surface area contributed by atoms with Crippen LogP contribution >= 0.6 is 0 Å². The lowest BCUT2D eigenvalue weighted by atomic mass is 9.96. The number of nitrogens with zero attached hydrogens (tertiary/aromatic N) is 4. The van der Waals surface area contributed by atoms with Crippen LogP contribution in [0.1, 0.15) is 57.0 Å². The van der Waals surface area contributed by atoms with Crippen molar-refractivity contribution in [2.45, 2.75) is 57.8 Å². The highest BCUT2D eigenvalue weighted by Crippen LogP contribution is 2.32. The van der Waals surface area contributed by atoms with E-state index in [0.717, 1.165) is 37.8 Å². The molecular weight excluding hydrogens is 463 g/mol. The molecule has 1 aliphatic carbocycles. The fourth-order valence-corrected chi connectivity index (χ4v) is 4.93. The standard InChI is InChI=1S/C24H30F3N5O3/c1-15(22-29-21(30-35-22)18-8-5-9-19(14-18)24(25,26)27)31-10-12-32(13-11-31)23(34)20(28-16(2)33)17-6-3-4-7-17/h5,8-9,14-15,17,20H,3-4,6-7,10-13H2,1-2H3,(H,28,33). The highest BCUT2D eigenvalue weighted by atomic mass is 19.4. The number of amides is 2. The number of benzene rings is 1. The molecule has 35 heavy (non-hydrogen) atoms. The van der Waals surface area contributed by atoms with Gasteiger partial charge in [0.1, 0.15) is 6.04 Å². The van der Waals surface area contributed by atoms with Gasteiger partial charge in [0.25, 0.3) is 0 Å². The zero-order chi connectivity index (χ0) is 25.2. The molecule has 1 aromatic heterocycles. The quantitative estimate of drug-likeness (QED) is 0.661. The van der Waals surface area contributed by atoms with Crippen molar-refractivity contribution in [3.63, 3.8) is 0 Å². The van der Waals surface area contributed by atoms with Crippen molar-refractivity contribution in [1.29, 1.82) is 0 Å². The summed E-state index contributed by atoms with van der Waals surface area (Å²) in [5.74, 6) is 0.344. The highest BCUT2D eigenvalue weighted by molar-refractivity contribution is 5.87. The van der Waals surface area contributed by atoms with Crippen LogP contribution in [0.5, 0.6) is 0 Å². The maximum Gasteiger partial charge on any atom is 0.416 e. The fourth-order valence-electron chi connectivity index (χ4n) is 4.93. The number of halogens is 3. The molecule has 1 N–H and O–H groups in total. The van der Waals surface area contributed by atoms with E-state index in [1.54, 1.807) is 4.90 Å². The number of hydrogen-bond acceptors (Lipinski definition) is 6. The monoisotopic (exact) mass is 493 g/mol. The zero-order valence-electron chi connectivity index (χ0n) is 19.8. The molecule has 11 heteroatoms. The smallest absolute Gasteiger partial charge is 0.344 e. The van der Waals surface area contributed by atoms with Gasteiger partial charge in [-0.2, -0.15) is 18.2 Å². The third-order valence-corrected chi connectivity index (χ3v) is 6.92. The van der Waals surface area contributed by atoms with Crippen LogP contribution in [0.2, 0.25) is 0 Å². The van der Waals surface area contributed by atoms with Gasteiger partial charge in [-0.05, 0) is 37.8 Å². The third kappa shape index (κ3) is 5.83. The van der Waals surface area contributed by atoms with Gasteiger partial charge < -0.3 is 14.7 Å². The molecule has 2 aliphatic rings. The summed E-state index contributed by atoms with van der Waals surface area (Å²) in [6.45, 7) is 5.48. The van der Waals surface area contributed by atoms with E-state index in [2.05, 4.69) is 20.4 Å². The van der Waals surface area contributed by atoms with Crippen molar-refractivity contribution in [2.24, 2.45) is 5.92 Å². The van der Waals surface area contributed by atoms with Gasteiger partial charge in [-0.1, -0.05) is 30.1 Å². The number of hydrogen-bond donors (Lipinski definition) is 1. The Morgan fingerprint density at radius 1 is 1.14 bits per heavy atom. The second kappa shape index (κ2) is 10.3. The van der Waals surface area contributed by atoms with Crippen LogP contribution in [0.3, 0.4) is 0 Å². The molecule has 0 radical (unpaired) electrons. The molecule has 190 valence electrons. The van der Waals surface area contributed by atoms with E-state index in [1.165, 1.54) is 19.1 Å². The molecule has 8 nitrogen and oxygen atoms in total. The van der Waals surface area contributed by atoms with Gasteiger partial charge in [0.15, 0.2) is 0 Å². The SMILES string of the molecule is CC(=O)NC(C(=O)N1CCN(C(C)c2nc(-c3cccc(C(F)(F)F)c3)no2)CC1)C1CCCC1. The molecule has 4 rings (SSSR count). The van der Waals surface area contributed by atoms with Crippen LogP contribution in [0.4, 0.5) is 13.2 Å². The first-order chi connectivity index (χ1) is 16.6. The number of alkyl halides is 3. The van der Waals surface area contributed by atoms with Crippen LogP contribution in [0.15, 0.2) is 28.8 Å². The van der Waals surface area contributed by atoms with Gasteiger partial charge in [-0.3, -0.25) is 14.5 Å². The Hall–Kier alpha value is -2.95. The van der Waals surface area contributed by atoms with Crippen molar-refractivity contribution in [1.82, 2.24) is 25.3 Å². The van der Waals surface area contributed by atoms with E-state index in [0.29, 0.717) is 32.1 Å². The Morgan fingerprint density at radius 3 is 2.46 bits per heavy atom. The predicted octanol–water partition coefficient (Wildman–Crippen LogP) is 3.66. The number of aromatic nitrogens is 2. The summed E-state index contributed by atoms with van der Waals surface area (Å²) in [6.07, 6.45) is -0.417. The van der Waals surface area contributed by atoms with E-state index in [1.807, 2.05) is 6.92 Å². The number of rotatable bonds is 6. The average molecular weight is 494 g/mol. The van der Waals surface area contributed by atoms with E-state index >= 15 is 0 Å². The Balaban J connectivity index is 1.38. The van der Waals surface area contributed by atoms with E-state index in [4.69, 9.17) is 4.52 Å². The summed E-state index contributed by atoms with van der Waals surface area (Å²) in [4.78, 5) is 33.1. The third-order valence-electron chi connectivity index (χ3n) is 6.92. The Morgan fingerprint density at radius 2 is 1.83 bits per heavy atom. The van der Waals surface area contributed by atoms with Gasteiger partial charge in [0.2, 0.25) is 23.5 Å². The van der Waals surface area contributed by atoms with Gasteiger partial charge in [-0.15, -0.1) is 0 Å². The van der Waals surface area contributed by atoms with Crippen LogP contribution in [0.25, 0.3) is 11.4 Å². The first kappa shape index (κ1) is 25.2. The minimum Gasteiger partial charge on any atom is -0.344 e. The minimum absolute atomic E-state index is 0.0379. The second-order valence-electron chi connectivity index (χ2n) is 9.29. The van der Waals surface area contributed by atoms with Crippen molar-refractivity contribution < 1.29 is 27.3 Å². The summed E-state index contributed by atoms with van der Waals surface area (Å²) in [5, 5.41) is 6.74. The molecule has 2 amide bonds. The molecular formula is C24H30F3N5O3. The maximum atomic E-state index is 13.2. The summed E-state index contributed by atoms with van der Waals surface area (Å²) in [7, 11) is 0. The molecule has 1 saturated carbocycles. The Labute approximate surface area is 201 Å². The molecule has 2 heterocycles. The largest absolute Gasteiger partial charge is 0.416 e. The van der Waals surface area contributed by atoms with Crippen LogP contribution < -0.4 is 5.32 Å². The summed E-state index contributed by atoms with van der Waals surface area (Å²) < 4.78 is 44.5. The number of carbonyl (C=O) groups excluding carboxylic acids is 2. The molecule has 2 atom stereocenters. The normalized spacial score (nSPS) is 19.5. The number of carbonyl (C=O) groups is 2. The van der Waals surface area contributed by atoms with Crippen molar-refractivity contribution in [2.75, 3.05) is 26.2 Å². The first-order valence-electron chi connectivity index (χ1n) is 11.9. The van der Waals surface area contributed by atoms with E-state index in [-0.39, 0.29) is 35.2 Å². The molecule has 2 unspecified atom stereocenters. The summed E-state index contributed by atoms with van der Waals surface area (Å²) in [5.41, 5.74) is -0.543. The molecule has 1 aliphatic heterocycles. The molecule has 2 aromatic rings. The van der Waals surface area contributed by atoms with E-state index in [9.17, 15) is 22.8 Å². The van der Waals surface area contributed by atoms with Crippen molar-refractivity contribution in [3.05, 3.63) is 35.7 Å². The maximum absolute atomic E-state index is 13.2. The van der Waals surface area contributed by atoms with Crippen molar-refractivity contribution >= 4 is 11.8 Å². The highest BCUT2D eigenvalue weighted by Gasteiger charge is 2.36. The molecule has 1 saturated heterocycles. The average Bonchev–Trinajstić information content (AvgIpc) is 3.54. The van der Waals surface area contributed by atoms with Gasteiger partial charge >= 0.3 is 6.18 Å². The molecule has 0 bridgehead atoms. The lowest BCUT2D eigenvalue weighted by Crippen LogP contribution is -2.56. The summed E-state index contributed by atoms with van der Waals surface area (Å²) in [6, 6.07) is 4.07. The Kier molecular flexibility index (Phi) is 7.44. The lowest BCUT2D eigenvalue weighted by molar-refractivity contribution is -0.139. The first-order valence-corrected chi connectivity index (χ1v) is 11.9. The molecule has 0 spiro atoms. The molecule has 1 aromatic carbocycles. The zero-order valence-corrected chi connectivity index (χ0v) is 19.8. The minimum atomic E-state index is -4.45. The predicted molar refractivity (Wildman–Crippen MR) is 121 cm³/mol. The lowest BCUT2D eigenvalue weighted by Gasteiger charge is -2.39. The Bertz CT molecular complexity index is 1040. The van der Waals surface area contributed by atoms with Gasteiger partial charge in [0.05, 0.1) is 11.6 Å². The summed E-state index contributed by atoms with van der Waals surface area (Å²) >= 11 is 0. The topological polar surface area (TPSA) is 91.6 Å². The van der Waals surface area contributed by atoms with E-state index < -0.39 is 17.8 Å². The van der Waals surface area contributed by atoms with Gasteiger partial charge in [-0.25, -0.2) is 0 Å². The fraction of sp³-hybridized carbons (Fsp3) is 0.583. The number of nitrogens with one attached hydrogen (secondary N) is 1. The van der Waals surface area contributed by atoms with Crippen LogP contribution in [-0.4, -0.2) is 64.0 Å². The molecule has 2 fully saturated rings. The van der Waals surface area contributed by atoms with Crippen molar-refractivity contribution in [3.8, 4) is 11.4 Å². The second-order valence-corrected chi connectivity index (χ2v) is 9.29. The van der Waals surface area contributed by atoms with Crippen LogP contribution in [-0.2, 0) is 15.8 Å².